The molecule has 0 amide bonds. The lowest BCUT2D eigenvalue weighted by atomic mass is 9.41. The lowest BCUT2D eigenvalue weighted by molar-refractivity contribution is -0.389. The van der Waals surface area contributed by atoms with Gasteiger partial charge < -0.3 is 88.2 Å². The molecule has 84 heavy (non-hydrogen) atoms. The van der Waals surface area contributed by atoms with E-state index in [0.717, 1.165) is 26.4 Å². The molecule has 27 atom stereocenters. The molecular weight excluding hydrogens is 1160 g/mol. The molecule has 28 nitrogen and oxygen atoms in total. The van der Waals surface area contributed by atoms with Gasteiger partial charge in [-0.3, -0.25) is 18.7 Å². The van der Waals surface area contributed by atoms with Gasteiger partial charge in [-0.15, -0.1) is 0 Å². The van der Waals surface area contributed by atoms with Gasteiger partial charge >= 0.3 is 26.8 Å². The van der Waals surface area contributed by atoms with Crippen molar-refractivity contribution in [3.05, 3.63) is 11.6 Å². The van der Waals surface area contributed by atoms with Crippen LogP contribution in [0.25, 0.3) is 0 Å². The van der Waals surface area contributed by atoms with Crippen LogP contribution in [0.3, 0.4) is 0 Å². The van der Waals surface area contributed by atoms with Gasteiger partial charge in [0.05, 0.1) is 37.4 Å². The van der Waals surface area contributed by atoms with Crippen LogP contribution in [0.15, 0.2) is 11.6 Å². The molecule has 3 saturated carbocycles. The number of aliphatic hydroxyl groups is 8. The molecule has 0 unspecified atom stereocenters. The van der Waals surface area contributed by atoms with Gasteiger partial charge in [0.15, 0.2) is 25.2 Å². The predicted molar refractivity (Wildman–Crippen MR) is 282 cm³/mol. The highest BCUT2D eigenvalue weighted by atomic mass is 32.3. The molecule has 5 aliphatic heterocycles. The van der Waals surface area contributed by atoms with Crippen LogP contribution in [-0.4, -0.2) is 234 Å². The second-order valence-corrected chi connectivity index (χ2v) is 28.5. The lowest BCUT2D eigenvalue weighted by Crippen LogP contribution is -2.67. The van der Waals surface area contributed by atoms with E-state index in [4.69, 9.17) is 51.6 Å². The monoisotopic (exact) mass is 1250 g/mol. The fourth-order valence-corrected chi connectivity index (χ4v) is 17.3. The lowest BCUT2D eigenvalue weighted by Gasteiger charge is -2.64. The Bertz CT molecular complexity index is 2640. The topological polar surface area (TPSA) is 415 Å². The third-order valence-corrected chi connectivity index (χ3v) is 21.4. The summed E-state index contributed by atoms with van der Waals surface area (Å²) in [4.78, 5) is 27.7. The van der Waals surface area contributed by atoms with Gasteiger partial charge in [0.2, 0.25) is 0 Å². The van der Waals surface area contributed by atoms with Gasteiger partial charge in [0, 0.05) is 31.3 Å². The predicted octanol–water partition coefficient (Wildman–Crippen LogP) is -0.475. The molecule has 482 valence electrons. The van der Waals surface area contributed by atoms with E-state index in [0.29, 0.717) is 32.1 Å². The van der Waals surface area contributed by atoms with E-state index in [2.05, 4.69) is 38.0 Å². The summed E-state index contributed by atoms with van der Waals surface area (Å²) in [5.74, 6) is 0.0274. The third-order valence-electron chi connectivity index (χ3n) is 20.5. The van der Waals surface area contributed by atoms with Crippen molar-refractivity contribution in [1.82, 2.24) is 0 Å². The summed E-state index contributed by atoms with van der Waals surface area (Å²) in [5, 5.41) is 89.6. The highest BCUT2D eigenvalue weighted by Gasteiger charge is 2.76. The number of cyclic esters (lactones) is 1. The Labute approximate surface area is 488 Å². The average molecular weight is 1250 g/mol. The molecule has 0 aromatic carbocycles. The molecule has 1 spiro atoms. The first-order valence-electron chi connectivity index (χ1n) is 28.9. The van der Waals surface area contributed by atoms with Crippen molar-refractivity contribution in [2.45, 2.75) is 242 Å². The number of ketones is 1. The molecule has 0 radical (unpaired) electrons. The van der Waals surface area contributed by atoms with Gasteiger partial charge in [-0.1, -0.05) is 53.2 Å². The zero-order valence-electron chi connectivity index (χ0n) is 48.6. The van der Waals surface area contributed by atoms with Crippen LogP contribution >= 0.6 is 0 Å². The van der Waals surface area contributed by atoms with Crippen LogP contribution in [0.2, 0.25) is 0 Å². The summed E-state index contributed by atoms with van der Waals surface area (Å²) in [6.45, 7) is 13.3. The highest BCUT2D eigenvalue weighted by molar-refractivity contribution is 7.81. The molecular formula is C54H86O28S2. The minimum atomic E-state index is -5.21. The van der Waals surface area contributed by atoms with E-state index < -0.39 is 185 Å². The van der Waals surface area contributed by atoms with Crippen LogP contribution in [0, 0.1) is 45.3 Å². The Kier molecular flexibility index (Phi) is 19.2. The maximum atomic E-state index is 14.4. The molecule has 8 fully saturated rings. The minimum Gasteiger partial charge on any atom is -0.458 e. The summed E-state index contributed by atoms with van der Waals surface area (Å²) in [6, 6.07) is 0. The standard InChI is InChI=1S/C54H86O28S2/c1-23(2)18-25(56)19-53(8)32-13-16-52(7)27-10-11-31-50(4,5)33(14-15-51(31,6)26(27)12-17-54(32,52)49(64)81-53)77-48-44(36(59)30(21-72-48)82-84(68,69)70)80-45-38(61)37(60)41(24(3)74-45)78-47-40(63)43(35(58)29(76-47)22-73-83(65,66)67)79-46-39(62)42(71-9)34(57)28(20-55)75-46/h10,23-24,26,28-48,55,57-63H,11-22H2,1-9H3,(H,65,66,67)(H,68,69,70)/t24-,26+,28-,29-,30-,31+,32-,33+,34-,35-,36+,37-,38-,39-,40-,41-,42+,43+,44-,45+,46+,47+,48+,51-,52+,53+,54-/m1/s1. The number of carbonyl (C=O) groups excluding carboxylic acids is 2. The number of hydrogen-bond donors (Lipinski definition) is 10. The molecule has 10 N–H and O–H groups in total. The average Bonchev–Trinajstić information content (AvgIpc) is 1.44. The molecule has 0 bridgehead atoms. The van der Waals surface area contributed by atoms with Crippen molar-refractivity contribution in [1.29, 1.82) is 0 Å². The maximum absolute atomic E-state index is 14.4. The number of aliphatic hydroxyl groups excluding tert-OH is 8. The molecule has 5 saturated heterocycles. The van der Waals surface area contributed by atoms with E-state index in [1.807, 2.05) is 20.8 Å². The van der Waals surface area contributed by atoms with Gasteiger partial charge in [-0.2, -0.15) is 16.8 Å². The summed E-state index contributed by atoms with van der Waals surface area (Å²) in [6.07, 6.45) is -27.4. The largest absolute Gasteiger partial charge is 0.458 e. The summed E-state index contributed by atoms with van der Waals surface area (Å²) >= 11 is 0. The first kappa shape index (κ1) is 66.4. The Morgan fingerprint density at radius 1 is 0.702 bits per heavy atom. The fourth-order valence-electron chi connectivity index (χ4n) is 16.5. The van der Waals surface area contributed by atoms with E-state index in [9.17, 15) is 76.4 Å². The summed E-state index contributed by atoms with van der Waals surface area (Å²) in [5.41, 5.74) is -1.82. The second kappa shape index (κ2) is 24.3. The number of esters is 1. The van der Waals surface area contributed by atoms with Crippen molar-refractivity contribution in [2.24, 2.45) is 45.3 Å². The van der Waals surface area contributed by atoms with Crippen LogP contribution < -0.4 is 0 Å². The third kappa shape index (κ3) is 12.0. The van der Waals surface area contributed by atoms with E-state index in [1.165, 1.54) is 12.5 Å². The molecule has 0 aromatic rings. The van der Waals surface area contributed by atoms with Gasteiger partial charge in [-0.25, -0.2) is 8.37 Å². The Morgan fingerprint density at radius 2 is 1.32 bits per heavy atom. The minimum absolute atomic E-state index is 0.00754. The van der Waals surface area contributed by atoms with Crippen molar-refractivity contribution in [3.8, 4) is 0 Å². The number of methoxy groups -OCH3 is 1. The molecule has 0 aromatic heterocycles. The zero-order chi connectivity index (χ0) is 61.8. The van der Waals surface area contributed by atoms with E-state index in [-0.39, 0.29) is 47.3 Å². The molecule has 4 aliphatic carbocycles. The number of allylic oxidation sites excluding steroid dienone is 2. The number of carbonyl (C=O) groups is 2. The molecule has 9 aliphatic rings. The van der Waals surface area contributed by atoms with Gasteiger partial charge in [-0.05, 0) is 87.4 Å². The number of rotatable bonds is 19. The quantitative estimate of drug-likeness (QED) is 0.0444. The van der Waals surface area contributed by atoms with Crippen molar-refractivity contribution < 1.29 is 132 Å². The van der Waals surface area contributed by atoms with Crippen LogP contribution in [0.4, 0.5) is 0 Å². The number of fused-ring (bicyclic) bond motifs is 4. The van der Waals surface area contributed by atoms with Crippen molar-refractivity contribution in [3.63, 3.8) is 0 Å². The second-order valence-electron chi connectivity index (χ2n) is 26.3. The fraction of sp³-hybridized carbons (Fsp3) is 0.926. The van der Waals surface area contributed by atoms with Crippen LogP contribution in [0.5, 0.6) is 0 Å². The van der Waals surface area contributed by atoms with E-state index in [1.54, 1.807) is 0 Å². The number of ether oxygens (including phenoxy) is 10. The highest BCUT2D eigenvalue weighted by Crippen LogP contribution is 2.76. The molecule has 9 rings (SSSR count). The van der Waals surface area contributed by atoms with Crippen LogP contribution in [0.1, 0.15) is 113 Å². The van der Waals surface area contributed by atoms with Gasteiger partial charge in [0.1, 0.15) is 96.8 Å². The summed E-state index contributed by atoms with van der Waals surface area (Å²) in [7, 11) is -9.25. The van der Waals surface area contributed by atoms with Crippen molar-refractivity contribution in [2.75, 3.05) is 26.9 Å². The van der Waals surface area contributed by atoms with Crippen molar-refractivity contribution >= 4 is 32.6 Å². The first-order valence-corrected chi connectivity index (χ1v) is 31.6. The normalized spacial score (nSPS) is 48.6. The Balaban J connectivity index is 0.912. The Hall–Kier alpha value is -2.06. The first-order chi connectivity index (χ1) is 39.0. The van der Waals surface area contributed by atoms with E-state index >= 15 is 0 Å². The number of Topliss-reactive ketones (excluding diaryl/α,β-unsaturated/α-hetero) is 1. The SMILES string of the molecule is CO[C@@H]1[C@@H](O)[C@H](O[C@@H]2[C@@H](O)[C@H](O[C@H]3[C@H](O)[C@@H](O)[C@H](O[C@H]4[C@H](O[C@H]5CC[C@]6(C)[C@H]7CC[C@]89C(=O)O[C@@](C)(CC(=O)CC(C)C)[C@H]8CC[C@@]9(C)C7=CC[C@H]6C5(C)C)OC[C@@H](OS(=O)(=O)O)[C@@H]4O)O[C@@H]3C)O[C@H](COS(=O)(=O)O)[C@H]2O)O[C@H](CO)[C@H]1O. The smallest absolute Gasteiger partial charge is 0.397 e. The molecule has 30 heteroatoms. The maximum Gasteiger partial charge on any atom is 0.397 e. The zero-order valence-corrected chi connectivity index (χ0v) is 50.2. The van der Waals surface area contributed by atoms with Crippen LogP contribution in [-0.2, 0) is 86.1 Å². The summed E-state index contributed by atoms with van der Waals surface area (Å²) < 4.78 is 135. The molecule has 5 heterocycles. The van der Waals surface area contributed by atoms with Gasteiger partial charge in [0.25, 0.3) is 0 Å². The Morgan fingerprint density at radius 3 is 1.95 bits per heavy atom. The number of hydrogen-bond acceptors (Lipinski definition) is 26.